The first-order valence-corrected chi connectivity index (χ1v) is 7.16. The van der Waals surface area contributed by atoms with Crippen molar-refractivity contribution in [3.63, 3.8) is 0 Å². The number of methoxy groups -OCH3 is 1. The van der Waals surface area contributed by atoms with Gasteiger partial charge in [-0.25, -0.2) is 4.79 Å². The molecular formula is C14H23N3O4. The summed E-state index contributed by atoms with van der Waals surface area (Å²) in [5.41, 5.74) is 0. The van der Waals surface area contributed by atoms with Crippen molar-refractivity contribution in [2.24, 2.45) is 5.92 Å². The monoisotopic (exact) mass is 297 g/mol. The number of hydrogen-bond acceptors (Lipinski definition) is 6. The summed E-state index contributed by atoms with van der Waals surface area (Å²) in [5, 5.41) is 6.49. The molecule has 118 valence electrons. The zero-order valence-electron chi connectivity index (χ0n) is 13.0. The Morgan fingerprint density at radius 2 is 2.05 bits per heavy atom. The van der Waals surface area contributed by atoms with Crippen molar-refractivity contribution < 1.29 is 18.8 Å². The number of nitrogens with one attached hydrogen (secondary N) is 1. The Hall–Kier alpha value is -1.92. The number of aryl methyl sites for hydroxylation is 2. The number of amides is 1. The van der Waals surface area contributed by atoms with Crippen LogP contribution in [0.15, 0.2) is 4.52 Å². The van der Waals surface area contributed by atoms with Crippen LogP contribution >= 0.6 is 0 Å². The van der Waals surface area contributed by atoms with Crippen molar-refractivity contribution in [3.05, 3.63) is 11.7 Å². The van der Waals surface area contributed by atoms with Crippen LogP contribution in [-0.4, -0.2) is 35.2 Å². The highest BCUT2D eigenvalue weighted by Crippen LogP contribution is 2.06. The molecule has 7 nitrogen and oxygen atoms in total. The molecule has 1 aromatic heterocycles. The van der Waals surface area contributed by atoms with Crippen LogP contribution in [0.25, 0.3) is 0 Å². The van der Waals surface area contributed by atoms with Gasteiger partial charge in [-0.15, -0.1) is 0 Å². The van der Waals surface area contributed by atoms with E-state index in [0.717, 1.165) is 12.8 Å². The van der Waals surface area contributed by atoms with Crippen molar-refractivity contribution in [3.8, 4) is 0 Å². The molecule has 0 bridgehead atoms. The summed E-state index contributed by atoms with van der Waals surface area (Å²) in [6, 6.07) is -0.638. The Balaban J connectivity index is 2.46. The van der Waals surface area contributed by atoms with E-state index in [1.807, 2.05) is 20.8 Å². The standard InChI is InChI=1S/C14H23N3O4/c1-5-6-10-15-12(21-17-10)8-7-11(18)16-13(9(2)3)14(19)20-4/h9,13H,5-8H2,1-4H3,(H,16,18). The molecule has 0 saturated heterocycles. The minimum absolute atomic E-state index is 0.0408. The van der Waals surface area contributed by atoms with E-state index in [4.69, 9.17) is 4.52 Å². The molecule has 0 saturated carbocycles. The largest absolute Gasteiger partial charge is 0.467 e. The summed E-state index contributed by atoms with van der Waals surface area (Å²) < 4.78 is 9.73. The van der Waals surface area contributed by atoms with E-state index in [2.05, 4.69) is 20.2 Å². The smallest absolute Gasteiger partial charge is 0.328 e. The summed E-state index contributed by atoms with van der Waals surface area (Å²) in [6.45, 7) is 5.72. The fourth-order valence-electron chi connectivity index (χ4n) is 1.81. The summed E-state index contributed by atoms with van der Waals surface area (Å²) in [4.78, 5) is 27.6. The molecule has 0 aromatic carbocycles. The Labute approximate surface area is 124 Å². The lowest BCUT2D eigenvalue weighted by Gasteiger charge is -2.19. The van der Waals surface area contributed by atoms with Crippen molar-refractivity contribution >= 4 is 11.9 Å². The zero-order valence-corrected chi connectivity index (χ0v) is 13.0. The molecular weight excluding hydrogens is 274 g/mol. The van der Waals surface area contributed by atoms with E-state index in [0.29, 0.717) is 18.1 Å². The fraction of sp³-hybridized carbons (Fsp3) is 0.714. The summed E-state index contributed by atoms with van der Waals surface area (Å²) >= 11 is 0. The lowest BCUT2D eigenvalue weighted by Crippen LogP contribution is -2.45. The normalized spacial score (nSPS) is 12.2. The van der Waals surface area contributed by atoms with E-state index in [1.165, 1.54) is 7.11 Å². The van der Waals surface area contributed by atoms with Crippen molar-refractivity contribution in [2.75, 3.05) is 7.11 Å². The molecule has 1 amide bonds. The molecule has 0 aliphatic rings. The quantitative estimate of drug-likeness (QED) is 0.726. The molecule has 21 heavy (non-hydrogen) atoms. The molecule has 0 aliphatic carbocycles. The van der Waals surface area contributed by atoms with Crippen LogP contribution in [0.1, 0.15) is 45.3 Å². The maximum Gasteiger partial charge on any atom is 0.328 e. The number of ether oxygens (including phenoxy) is 1. The van der Waals surface area contributed by atoms with Crippen LogP contribution in [-0.2, 0) is 27.2 Å². The molecule has 0 aliphatic heterocycles. The predicted molar refractivity (Wildman–Crippen MR) is 75.4 cm³/mol. The fourth-order valence-corrected chi connectivity index (χ4v) is 1.81. The lowest BCUT2D eigenvalue weighted by molar-refractivity contribution is -0.146. The highest BCUT2D eigenvalue weighted by Gasteiger charge is 2.24. The van der Waals surface area contributed by atoms with E-state index < -0.39 is 12.0 Å². The highest BCUT2D eigenvalue weighted by molar-refractivity contribution is 5.84. The number of hydrogen-bond donors (Lipinski definition) is 1. The first kappa shape index (κ1) is 17.1. The van der Waals surface area contributed by atoms with Crippen LogP contribution in [0.4, 0.5) is 0 Å². The van der Waals surface area contributed by atoms with Crippen LogP contribution in [0, 0.1) is 5.92 Å². The van der Waals surface area contributed by atoms with Crippen LogP contribution in [0.3, 0.4) is 0 Å². The summed E-state index contributed by atoms with van der Waals surface area (Å²) in [5.74, 6) is 0.368. The highest BCUT2D eigenvalue weighted by atomic mass is 16.5. The zero-order chi connectivity index (χ0) is 15.8. The Bertz CT molecular complexity index is 471. The SMILES string of the molecule is CCCc1noc(CCC(=O)NC(C(=O)OC)C(C)C)n1. The van der Waals surface area contributed by atoms with Crippen LogP contribution in [0.5, 0.6) is 0 Å². The molecule has 1 heterocycles. The number of aromatic nitrogens is 2. The Kier molecular flexibility index (Phi) is 6.84. The number of carbonyl (C=O) groups is 2. The first-order valence-electron chi connectivity index (χ1n) is 7.16. The second kappa shape index (κ2) is 8.39. The average molecular weight is 297 g/mol. The average Bonchev–Trinajstić information content (AvgIpc) is 2.89. The maximum atomic E-state index is 11.9. The molecule has 0 radical (unpaired) electrons. The molecule has 1 aromatic rings. The molecule has 7 heteroatoms. The van der Waals surface area contributed by atoms with Gasteiger partial charge in [-0.3, -0.25) is 4.79 Å². The number of nitrogens with zero attached hydrogens (tertiary/aromatic N) is 2. The summed E-state index contributed by atoms with van der Waals surface area (Å²) in [6.07, 6.45) is 2.24. The van der Waals surface area contributed by atoms with Crippen molar-refractivity contribution in [1.82, 2.24) is 15.5 Å². The van der Waals surface area contributed by atoms with Crippen molar-refractivity contribution in [2.45, 2.75) is 52.5 Å². The Morgan fingerprint density at radius 3 is 2.62 bits per heavy atom. The van der Waals surface area contributed by atoms with Gasteiger partial charge in [0.25, 0.3) is 0 Å². The van der Waals surface area contributed by atoms with Crippen LogP contribution in [0.2, 0.25) is 0 Å². The minimum atomic E-state index is -0.638. The Morgan fingerprint density at radius 1 is 1.33 bits per heavy atom. The van der Waals surface area contributed by atoms with Gasteiger partial charge in [0.1, 0.15) is 6.04 Å². The molecule has 1 atom stereocenters. The van der Waals surface area contributed by atoms with Crippen LogP contribution < -0.4 is 5.32 Å². The third-order valence-corrected chi connectivity index (χ3v) is 2.99. The maximum absolute atomic E-state index is 11.9. The van der Waals surface area contributed by atoms with Gasteiger partial charge in [-0.05, 0) is 12.3 Å². The number of esters is 1. The molecule has 1 N–H and O–H groups in total. The lowest BCUT2D eigenvalue weighted by atomic mass is 10.0. The molecule has 1 rings (SSSR count). The van der Waals surface area contributed by atoms with Gasteiger partial charge in [0.15, 0.2) is 5.82 Å². The molecule has 0 spiro atoms. The molecule has 0 fully saturated rings. The van der Waals surface area contributed by atoms with Crippen molar-refractivity contribution in [1.29, 1.82) is 0 Å². The third-order valence-electron chi connectivity index (χ3n) is 2.99. The topological polar surface area (TPSA) is 94.3 Å². The third kappa shape index (κ3) is 5.53. The van der Waals surface area contributed by atoms with E-state index in [1.54, 1.807) is 0 Å². The first-order chi connectivity index (χ1) is 9.97. The number of carbonyl (C=O) groups excluding carboxylic acids is 2. The van der Waals surface area contributed by atoms with Gasteiger partial charge in [0.05, 0.1) is 7.11 Å². The van der Waals surface area contributed by atoms with Gasteiger partial charge < -0.3 is 14.6 Å². The predicted octanol–water partition coefficient (Wildman–Crippen LogP) is 1.27. The second-order valence-corrected chi connectivity index (χ2v) is 5.17. The van der Waals surface area contributed by atoms with Gasteiger partial charge in [-0.2, -0.15) is 4.98 Å². The van der Waals surface area contributed by atoms with E-state index in [9.17, 15) is 9.59 Å². The molecule has 1 unspecified atom stereocenters. The van der Waals surface area contributed by atoms with Gasteiger partial charge >= 0.3 is 5.97 Å². The number of rotatable bonds is 8. The van der Waals surface area contributed by atoms with Gasteiger partial charge in [0, 0.05) is 19.3 Å². The minimum Gasteiger partial charge on any atom is -0.467 e. The van der Waals surface area contributed by atoms with E-state index >= 15 is 0 Å². The van der Waals surface area contributed by atoms with Gasteiger partial charge in [0.2, 0.25) is 11.8 Å². The second-order valence-electron chi connectivity index (χ2n) is 5.17. The van der Waals surface area contributed by atoms with Gasteiger partial charge in [-0.1, -0.05) is 25.9 Å². The van der Waals surface area contributed by atoms with E-state index in [-0.39, 0.29) is 18.2 Å². The summed E-state index contributed by atoms with van der Waals surface area (Å²) in [7, 11) is 1.30.